The maximum Gasteiger partial charge on any atom is -1.00 e. The monoisotopic (exact) mass is 796 g/mol. The molecule has 1 aliphatic carbocycles. The van der Waals surface area contributed by atoms with Crippen molar-refractivity contribution in [1.29, 1.82) is 0 Å². The van der Waals surface area contributed by atoms with E-state index in [2.05, 4.69) is 108 Å². The number of hydrogen-bond donors (Lipinski definition) is 0. The van der Waals surface area contributed by atoms with E-state index in [1.165, 1.54) is 37.9 Å². The molecule has 0 bridgehead atoms. The van der Waals surface area contributed by atoms with Crippen molar-refractivity contribution in [3.63, 3.8) is 0 Å². The molecule has 6 nitrogen and oxygen atoms in total. The fraction of sp³-hybridized carbons (Fsp3) is 0.436. The quantitative estimate of drug-likeness (QED) is 0.175. The fourth-order valence-electron chi connectivity index (χ4n) is 8.32. The molecule has 0 heterocycles. The van der Waals surface area contributed by atoms with Gasteiger partial charge in [0, 0.05) is 0 Å². The van der Waals surface area contributed by atoms with Crippen LogP contribution in [-0.2, 0) is 20.4 Å². The van der Waals surface area contributed by atoms with Gasteiger partial charge in [-0.15, -0.1) is 0 Å². The molecular formula is C39H51Cl3O6SiTi. The van der Waals surface area contributed by atoms with E-state index < -0.39 is 11.4 Å². The molecule has 50 heavy (non-hydrogen) atoms. The van der Waals surface area contributed by atoms with Crippen LogP contribution >= 0.6 is 0 Å². The Balaban J connectivity index is 0.00000417. The van der Waals surface area contributed by atoms with Crippen LogP contribution in [-0.4, -0.2) is 50.7 Å². The van der Waals surface area contributed by atoms with Crippen LogP contribution in [0.2, 0.25) is 3.34 Å². The average molecular weight is 798 g/mol. The van der Waals surface area contributed by atoms with Crippen LogP contribution < -0.4 is 81.2 Å². The predicted molar refractivity (Wildman–Crippen MR) is 191 cm³/mol. The summed E-state index contributed by atoms with van der Waals surface area (Å²) in [6.07, 6.45) is 0. The molecule has 0 saturated carbocycles. The van der Waals surface area contributed by atoms with Crippen LogP contribution in [0.4, 0.5) is 0 Å². The molecule has 272 valence electrons. The van der Waals surface area contributed by atoms with Crippen LogP contribution in [0, 0.1) is 41.5 Å². The number of benzene rings is 3. The molecule has 0 unspecified atom stereocenters. The molecule has 0 aliphatic heterocycles. The van der Waals surface area contributed by atoms with E-state index in [1.807, 2.05) is 0 Å². The second-order valence-electron chi connectivity index (χ2n) is 12.7. The fourth-order valence-corrected chi connectivity index (χ4v) is 17.5. The zero-order valence-corrected chi connectivity index (χ0v) is 37.1. The number of allylic oxidation sites excluding steroid dienone is 4. The molecule has 1 aliphatic rings. The second-order valence-corrected chi connectivity index (χ2v) is 18.5. The van der Waals surface area contributed by atoms with Crippen LogP contribution in [0.25, 0.3) is 0 Å². The summed E-state index contributed by atoms with van der Waals surface area (Å²) >= 11 is 2.44. The summed E-state index contributed by atoms with van der Waals surface area (Å²) in [6, 6.07) is 6.81. The summed E-state index contributed by atoms with van der Waals surface area (Å²) in [5.41, 5.74) is 11.5. The minimum atomic E-state index is -3.41. The summed E-state index contributed by atoms with van der Waals surface area (Å²) in [7, 11) is 7.03. The maximum absolute atomic E-state index is 6.22. The standard InChI is InChI=1S/C39H51O6Si.3ClH.Ti/c1-20-21(2)23(4)39(22(20)3)46(33-17-30(40-11)24(5)36(43-14)27(33)8,34-18-31(41-12)25(6)37(44-15)28(34)9)35-19-32(42-13)26(7)38(45-16)29(35)10;;;;/h17-19H,1-16H3;3*1H;/q;;;;+3/p-3. The molecule has 4 rings (SSSR count). The first-order chi connectivity index (χ1) is 22.1. The van der Waals surface area contributed by atoms with Gasteiger partial charge < -0.3 is 37.2 Å². The third kappa shape index (κ3) is 6.28. The smallest absolute Gasteiger partial charge is 1.00 e. The summed E-state index contributed by atoms with van der Waals surface area (Å²) in [4.78, 5) is 0. The Morgan fingerprint density at radius 1 is 0.420 bits per heavy atom. The Kier molecular flexibility index (Phi) is 15.6. The van der Waals surface area contributed by atoms with Crippen molar-refractivity contribution < 1.29 is 86.1 Å². The zero-order chi connectivity index (χ0) is 35.3. The molecule has 0 fully saturated rings. The molecule has 3 aromatic rings. The molecule has 0 amide bonds. The summed E-state index contributed by atoms with van der Waals surface area (Å²) in [5.74, 6) is 4.81. The summed E-state index contributed by atoms with van der Waals surface area (Å²) in [5, 5.41) is 3.56. The molecule has 0 saturated heterocycles. The molecule has 0 atom stereocenters. The average Bonchev–Trinajstić information content (AvgIpc) is 3.20. The van der Waals surface area contributed by atoms with Gasteiger partial charge in [-0.3, -0.25) is 0 Å². The second kappa shape index (κ2) is 17.0. The van der Waals surface area contributed by atoms with Gasteiger partial charge in [-0.05, 0) is 0 Å². The van der Waals surface area contributed by atoms with Crippen molar-refractivity contribution in [3.8, 4) is 34.5 Å². The van der Waals surface area contributed by atoms with E-state index in [0.29, 0.717) is 0 Å². The first-order valence-corrected chi connectivity index (χ1v) is 18.7. The van der Waals surface area contributed by atoms with Crippen molar-refractivity contribution in [2.45, 2.75) is 72.6 Å². The minimum Gasteiger partial charge on any atom is -1.00 e. The predicted octanol–water partition coefficient (Wildman–Crippen LogP) is -2.00. The van der Waals surface area contributed by atoms with Gasteiger partial charge in [0.15, 0.2) is 0 Å². The van der Waals surface area contributed by atoms with E-state index in [1.54, 1.807) is 42.7 Å². The van der Waals surface area contributed by atoms with Crippen LogP contribution in [0.15, 0.2) is 40.5 Å². The molecule has 0 aromatic heterocycles. The van der Waals surface area contributed by atoms with Gasteiger partial charge in [0.1, 0.15) is 0 Å². The van der Waals surface area contributed by atoms with Gasteiger partial charge >= 0.3 is 296 Å². The molecule has 11 heteroatoms. The molecule has 3 aromatic carbocycles. The Bertz CT molecular complexity index is 1650. The van der Waals surface area contributed by atoms with E-state index in [0.717, 1.165) is 67.9 Å². The number of methoxy groups -OCH3 is 6. The Morgan fingerprint density at radius 2 is 0.660 bits per heavy atom. The van der Waals surface area contributed by atoms with Crippen LogP contribution in [0.3, 0.4) is 0 Å². The SMILES string of the molecule is COc1cc([Si](c2cc(OC)c(C)c(OC)c2C)(c2cc(OC)c(C)c(OC)c2C)[C]2([Ti+3])C(C)=C(C)C(C)=C2C)c(C)c(OC)c1C.[Cl-].[Cl-].[Cl-]. The van der Waals surface area contributed by atoms with E-state index in [-0.39, 0.29) is 37.2 Å². The van der Waals surface area contributed by atoms with Crippen LogP contribution in [0.1, 0.15) is 61.1 Å². The molecule has 0 radical (unpaired) electrons. The first kappa shape index (κ1) is 45.8. The van der Waals surface area contributed by atoms with Crippen molar-refractivity contribution >= 4 is 23.6 Å². The van der Waals surface area contributed by atoms with E-state index in [4.69, 9.17) is 28.4 Å². The third-order valence-electron chi connectivity index (χ3n) is 11.0. The number of ether oxygens (including phenoxy) is 6. The number of hydrogen-bond acceptors (Lipinski definition) is 6. The molecule has 0 spiro atoms. The topological polar surface area (TPSA) is 55.4 Å². The molecule has 0 N–H and O–H groups in total. The van der Waals surface area contributed by atoms with Gasteiger partial charge in [0.25, 0.3) is 0 Å². The molecular weight excluding hydrogens is 747 g/mol. The maximum atomic E-state index is 6.22. The number of halogens is 3. The van der Waals surface area contributed by atoms with Gasteiger partial charge in [-0.2, -0.15) is 0 Å². The van der Waals surface area contributed by atoms with Gasteiger partial charge in [-0.25, -0.2) is 0 Å². The number of rotatable bonds is 10. The van der Waals surface area contributed by atoms with Crippen molar-refractivity contribution in [2.75, 3.05) is 42.7 Å². The summed E-state index contributed by atoms with van der Waals surface area (Å²) < 4.78 is 36.6. The van der Waals surface area contributed by atoms with Crippen molar-refractivity contribution in [2.24, 2.45) is 0 Å². The van der Waals surface area contributed by atoms with Gasteiger partial charge in [0.05, 0.1) is 0 Å². The van der Waals surface area contributed by atoms with Crippen molar-refractivity contribution in [1.82, 2.24) is 0 Å². The third-order valence-corrected chi connectivity index (χ3v) is 19.8. The van der Waals surface area contributed by atoms with E-state index in [9.17, 15) is 0 Å². The summed E-state index contributed by atoms with van der Waals surface area (Å²) in [6.45, 7) is 21.9. The van der Waals surface area contributed by atoms with Crippen molar-refractivity contribution in [3.05, 3.63) is 73.9 Å². The van der Waals surface area contributed by atoms with Crippen LogP contribution in [0.5, 0.6) is 34.5 Å². The largest absolute Gasteiger partial charge is 1.00 e. The minimum absolute atomic E-state index is 0. The van der Waals surface area contributed by atoms with Gasteiger partial charge in [0.2, 0.25) is 0 Å². The van der Waals surface area contributed by atoms with Gasteiger partial charge in [-0.1, -0.05) is 0 Å². The zero-order valence-electron chi connectivity index (χ0n) is 32.3. The Labute approximate surface area is 331 Å². The van der Waals surface area contributed by atoms with E-state index >= 15 is 0 Å². The normalized spacial score (nSPS) is 13.6. The first-order valence-electron chi connectivity index (χ1n) is 15.9. The Hall–Kier alpha value is -2.26. The Morgan fingerprint density at radius 3 is 0.860 bits per heavy atom.